The van der Waals surface area contributed by atoms with Crippen LogP contribution in [0.15, 0.2) is 0 Å². The Morgan fingerprint density at radius 1 is 1.53 bits per heavy atom. The van der Waals surface area contributed by atoms with E-state index in [1.54, 1.807) is 11.6 Å². The van der Waals surface area contributed by atoms with Crippen molar-refractivity contribution < 1.29 is 9.66 Å². The molecule has 0 unspecified atom stereocenters. The Bertz CT molecular complexity index is 389. The average molecular weight is 242 g/mol. The van der Waals surface area contributed by atoms with Crippen LogP contribution >= 0.6 is 0 Å². The molecular weight excluding hydrogens is 224 g/mol. The Morgan fingerprint density at radius 2 is 2.24 bits per heavy atom. The zero-order valence-electron chi connectivity index (χ0n) is 10.4. The largest absolute Gasteiger partial charge is 0.380 e. The third-order valence-corrected chi connectivity index (χ3v) is 2.32. The number of aryl methyl sites for hydroxylation is 2. The molecule has 0 radical (unpaired) electrons. The molecule has 0 aliphatic rings. The second-order valence-corrected chi connectivity index (χ2v) is 3.48. The molecule has 0 amide bonds. The molecule has 7 nitrogen and oxygen atoms in total. The summed E-state index contributed by atoms with van der Waals surface area (Å²) in [5.41, 5.74) is 0.471. The Morgan fingerprint density at radius 3 is 2.76 bits per heavy atom. The topological polar surface area (TPSA) is 82.2 Å². The van der Waals surface area contributed by atoms with Crippen LogP contribution in [0.2, 0.25) is 0 Å². The number of hydrogen-bond donors (Lipinski definition) is 1. The van der Waals surface area contributed by atoms with Gasteiger partial charge in [0.05, 0.1) is 11.5 Å². The Kier molecular flexibility index (Phi) is 4.89. The van der Waals surface area contributed by atoms with E-state index in [1.165, 1.54) is 0 Å². The summed E-state index contributed by atoms with van der Waals surface area (Å²) in [7, 11) is 0. The van der Waals surface area contributed by atoms with E-state index in [4.69, 9.17) is 4.74 Å². The van der Waals surface area contributed by atoms with Gasteiger partial charge in [-0.3, -0.25) is 10.1 Å². The fourth-order valence-corrected chi connectivity index (χ4v) is 1.58. The van der Waals surface area contributed by atoms with Crippen molar-refractivity contribution in [1.29, 1.82) is 0 Å². The third-order valence-electron chi connectivity index (χ3n) is 2.32. The Balaban J connectivity index is 2.83. The van der Waals surface area contributed by atoms with E-state index in [9.17, 15) is 10.1 Å². The maximum absolute atomic E-state index is 10.9. The van der Waals surface area contributed by atoms with Gasteiger partial charge in [0, 0.05) is 19.7 Å². The Labute approximate surface area is 99.9 Å². The highest BCUT2D eigenvalue weighted by molar-refractivity contribution is 5.59. The average Bonchev–Trinajstić information content (AvgIpc) is 2.61. The van der Waals surface area contributed by atoms with Crippen LogP contribution in [0.1, 0.15) is 19.5 Å². The van der Waals surface area contributed by atoms with E-state index in [0.29, 0.717) is 37.8 Å². The molecule has 0 aromatic carbocycles. The maximum atomic E-state index is 10.9. The first kappa shape index (κ1) is 13.4. The number of ether oxygens (including phenoxy) is 1. The number of hydrogen-bond acceptors (Lipinski definition) is 5. The second kappa shape index (κ2) is 6.19. The molecule has 1 aromatic rings. The van der Waals surface area contributed by atoms with Crippen molar-refractivity contribution in [3.8, 4) is 0 Å². The third kappa shape index (κ3) is 3.16. The molecular formula is C10H18N4O3. The highest BCUT2D eigenvalue weighted by Crippen LogP contribution is 2.27. The van der Waals surface area contributed by atoms with Crippen LogP contribution in [0.5, 0.6) is 0 Å². The molecule has 0 fully saturated rings. The quantitative estimate of drug-likeness (QED) is 0.446. The fourth-order valence-electron chi connectivity index (χ4n) is 1.58. The summed E-state index contributed by atoms with van der Waals surface area (Å²) < 4.78 is 6.77. The molecule has 1 heterocycles. The van der Waals surface area contributed by atoms with Crippen LogP contribution in [0.3, 0.4) is 0 Å². The minimum Gasteiger partial charge on any atom is -0.380 e. The zero-order chi connectivity index (χ0) is 12.8. The minimum atomic E-state index is -0.405. The van der Waals surface area contributed by atoms with Crippen LogP contribution in [0.4, 0.5) is 11.5 Å². The lowest BCUT2D eigenvalue weighted by Crippen LogP contribution is -2.13. The molecule has 0 aliphatic carbocycles. The number of nitrogens with one attached hydrogen (secondary N) is 1. The van der Waals surface area contributed by atoms with Gasteiger partial charge >= 0.3 is 5.69 Å². The van der Waals surface area contributed by atoms with E-state index >= 15 is 0 Å². The number of rotatable bonds is 7. The van der Waals surface area contributed by atoms with Gasteiger partial charge in [-0.25, -0.2) is 4.68 Å². The van der Waals surface area contributed by atoms with Crippen LogP contribution in [0, 0.1) is 17.0 Å². The molecule has 0 saturated heterocycles. The number of nitro groups is 1. The predicted molar refractivity (Wildman–Crippen MR) is 64.3 cm³/mol. The summed E-state index contributed by atoms with van der Waals surface area (Å²) in [4.78, 5) is 10.5. The second-order valence-electron chi connectivity index (χ2n) is 3.48. The van der Waals surface area contributed by atoms with E-state index in [2.05, 4.69) is 10.4 Å². The van der Waals surface area contributed by atoms with Crippen molar-refractivity contribution in [3.05, 3.63) is 15.8 Å². The van der Waals surface area contributed by atoms with Crippen molar-refractivity contribution >= 4 is 11.5 Å². The van der Waals surface area contributed by atoms with Gasteiger partial charge in [0.1, 0.15) is 5.69 Å². The summed E-state index contributed by atoms with van der Waals surface area (Å²) in [5, 5.41) is 18.1. The van der Waals surface area contributed by atoms with Crippen molar-refractivity contribution in [1.82, 2.24) is 9.78 Å². The van der Waals surface area contributed by atoms with Crippen molar-refractivity contribution in [2.45, 2.75) is 27.3 Å². The standard InChI is InChI=1S/C10H18N4O3/c1-4-13-10(11-6-7-17-5-2)9(14(15)16)8(3)12-13/h11H,4-7H2,1-3H3. The molecule has 1 aromatic heterocycles. The molecule has 17 heavy (non-hydrogen) atoms. The number of anilines is 1. The molecule has 0 aliphatic heterocycles. The normalized spacial score (nSPS) is 10.5. The molecule has 1 rings (SSSR count). The molecule has 1 N–H and O–H groups in total. The molecule has 96 valence electrons. The smallest absolute Gasteiger partial charge is 0.333 e. The number of nitrogens with zero attached hydrogens (tertiary/aromatic N) is 3. The van der Waals surface area contributed by atoms with Gasteiger partial charge in [0.25, 0.3) is 0 Å². The molecule has 0 bridgehead atoms. The van der Waals surface area contributed by atoms with Gasteiger partial charge < -0.3 is 10.1 Å². The predicted octanol–water partition coefficient (Wildman–Crippen LogP) is 1.57. The highest BCUT2D eigenvalue weighted by Gasteiger charge is 2.24. The van der Waals surface area contributed by atoms with Gasteiger partial charge in [-0.2, -0.15) is 5.10 Å². The summed E-state index contributed by atoms with van der Waals surface area (Å²) in [6.07, 6.45) is 0. The minimum absolute atomic E-state index is 0.0448. The van der Waals surface area contributed by atoms with Gasteiger partial charge in [-0.05, 0) is 20.8 Å². The first-order chi connectivity index (χ1) is 8.11. The molecule has 0 spiro atoms. The van der Waals surface area contributed by atoms with Crippen LogP contribution in [-0.4, -0.2) is 34.5 Å². The summed E-state index contributed by atoms with van der Waals surface area (Å²) >= 11 is 0. The first-order valence-electron chi connectivity index (χ1n) is 5.65. The highest BCUT2D eigenvalue weighted by atomic mass is 16.6. The van der Waals surface area contributed by atoms with Crippen LogP contribution in [0.25, 0.3) is 0 Å². The summed E-state index contributed by atoms with van der Waals surface area (Å²) in [6, 6.07) is 0. The van der Waals surface area contributed by atoms with Gasteiger partial charge in [-0.1, -0.05) is 0 Å². The van der Waals surface area contributed by atoms with E-state index < -0.39 is 4.92 Å². The van der Waals surface area contributed by atoms with Crippen molar-refractivity contribution in [2.24, 2.45) is 0 Å². The van der Waals surface area contributed by atoms with Crippen molar-refractivity contribution in [2.75, 3.05) is 25.1 Å². The van der Waals surface area contributed by atoms with Crippen LogP contribution in [-0.2, 0) is 11.3 Å². The SMILES string of the molecule is CCOCCNc1c([N+](=O)[O-])c(C)nn1CC. The van der Waals surface area contributed by atoms with Gasteiger partial charge in [0.15, 0.2) is 0 Å². The lowest BCUT2D eigenvalue weighted by Gasteiger charge is -2.07. The summed E-state index contributed by atoms with van der Waals surface area (Å²) in [5.74, 6) is 0.453. The maximum Gasteiger partial charge on any atom is 0.333 e. The monoisotopic (exact) mass is 242 g/mol. The van der Waals surface area contributed by atoms with E-state index in [0.717, 1.165) is 0 Å². The zero-order valence-corrected chi connectivity index (χ0v) is 10.4. The van der Waals surface area contributed by atoms with Crippen molar-refractivity contribution in [3.63, 3.8) is 0 Å². The molecule has 0 saturated carbocycles. The lowest BCUT2D eigenvalue weighted by molar-refractivity contribution is -0.384. The van der Waals surface area contributed by atoms with Crippen LogP contribution < -0.4 is 5.32 Å². The molecule has 7 heteroatoms. The van der Waals surface area contributed by atoms with Gasteiger partial charge in [0.2, 0.25) is 5.82 Å². The Hall–Kier alpha value is -1.63. The first-order valence-corrected chi connectivity index (χ1v) is 5.65. The lowest BCUT2D eigenvalue weighted by atomic mass is 10.4. The van der Waals surface area contributed by atoms with Gasteiger partial charge in [-0.15, -0.1) is 0 Å². The fraction of sp³-hybridized carbons (Fsp3) is 0.700. The van der Waals surface area contributed by atoms with E-state index in [-0.39, 0.29) is 5.69 Å². The molecule has 0 atom stereocenters. The van der Waals surface area contributed by atoms with E-state index in [1.807, 2.05) is 13.8 Å². The number of aromatic nitrogens is 2. The summed E-state index contributed by atoms with van der Waals surface area (Å²) in [6.45, 7) is 7.70.